The van der Waals surface area contributed by atoms with E-state index in [0.29, 0.717) is 43.9 Å². The summed E-state index contributed by atoms with van der Waals surface area (Å²) in [4.78, 5) is 32.3. The van der Waals surface area contributed by atoms with E-state index in [0.717, 1.165) is 93.2 Å². The van der Waals surface area contributed by atoms with Crippen molar-refractivity contribution in [2.24, 2.45) is 0 Å². The van der Waals surface area contributed by atoms with Gasteiger partial charge in [0.2, 0.25) is 5.91 Å². The fourth-order valence-electron chi connectivity index (χ4n) is 7.74. The number of amides is 1. The molecule has 268 valence electrons. The van der Waals surface area contributed by atoms with E-state index in [4.69, 9.17) is 9.84 Å². The monoisotopic (exact) mass is 695 g/mol. The highest BCUT2D eigenvalue weighted by Crippen LogP contribution is 2.34. The highest BCUT2D eigenvalue weighted by atomic mass is 19.4. The molecule has 0 radical (unpaired) electrons. The maximum absolute atomic E-state index is 13.8. The maximum Gasteiger partial charge on any atom is 0.416 e. The minimum absolute atomic E-state index is 0.0218. The van der Waals surface area contributed by atoms with Crippen LogP contribution in [0.4, 0.5) is 13.2 Å². The fourth-order valence-corrected chi connectivity index (χ4v) is 7.74. The van der Waals surface area contributed by atoms with Gasteiger partial charge in [0.25, 0.3) is 0 Å². The van der Waals surface area contributed by atoms with Crippen LogP contribution in [0.25, 0.3) is 22.3 Å². The molecule has 7 rings (SSSR count). The fraction of sp³-hybridized carbons (Fsp3) is 0.528. The molecular weight excluding hydrogens is 651 g/mol. The molecule has 1 atom stereocenters. The van der Waals surface area contributed by atoms with Gasteiger partial charge in [0, 0.05) is 95.1 Å². The van der Waals surface area contributed by atoms with Gasteiger partial charge in [-0.15, -0.1) is 0 Å². The summed E-state index contributed by atoms with van der Waals surface area (Å²) in [7, 11) is 0. The molecule has 1 N–H and O–H groups in total. The quantitative estimate of drug-likeness (QED) is 0.286. The third kappa shape index (κ3) is 7.11. The number of likely N-dealkylation sites (tertiary alicyclic amines) is 1. The van der Waals surface area contributed by atoms with Crippen molar-refractivity contribution in [2.45, 2.75) is 64.1 Å². The van der Waals surface area contributed by atoms with Crippen molar-refractivity contribution in [1.82, 2.24) is 33.6 Å². The van der Waals surface area contributed by atoms with Gasteiger partial charge in [-0.2, -0.15) is 18.3 Å². The predicted molar refractivity (Wildman–Crippen MR) is 182 cm³/mol. The Balaban J connectivity index is 1.02. The van der Waals surface area contributed by atoms with Gasteiger partial charge in [0.1, 0.15) is 0 Å². The molecule has 0 aliphatic carbocycles. The van der Waals surface area contributed by atoms with E-state index in [1.807, 2.05) is 33.4 Å². The van der Waals surface area contributed by atoms with E-state index in [2.05, 4.69) is 9.80 Å². The third-order valence-corrected chi connectivity index (χ3v) is 10.5. The van der Waals surface area contributed by atoms with Crippen LogP contribution in [-0.2, 0) is 41.8 Å². The van der Waals surface area contributed by atoms with E-state index in [9.17, 15) is 27.9 Å². The number of aliphatic hydroxyl groups is 1. The lowest BCUT2D eigenvalue weighted by atomic mass is 10.00. The number of carbonyl (C=O) groups excluding carboxylic acids is 1. The van der Waals surface area contributed by atoms with Crippen molar-refractivity contribution in [3.05, 3.63) is 75.8 Å². The Kier molecular flexibility index (Phi) is 9.88. The molecule has 4 aromatic rings. The molecule has 3 aliphatic heterocycles. The first kappa shape index (κ1) is 34.5. The Morgan fingerprint density at radius 3 is 2.32 bits per heavy atom. The number of imidazole rings is 1. The number of morpholine rings is 1. The van der Waals surface area contributed by atoms with Gasteiger partial charge in [0.15, 0.2) is 0 Å². The van der Waals surface area contributed by atoms with Crippen molar-refractivity contribution >= 4 is 16.9 Å². The molecular formula is C36H44F3N7O4. The lowest BCUT2D eigenvalue weighted by Crippen LogP contribution is -2.42. The number of piperidine rings is 1. The lowest BCUT2D eigenvalue weighted by Gasteiger charge is -2.33. The number of aromatic nitrogens is 4. The number of halogens is 3. The second-order valence-electron chi connectivity index (χ2n) is 13.7. The number of para-hydroxylation sites is 2. The number of hydrogen-bond acceptors (Lipinski definition) is 7. The molecule has 2 saturated heterocycles. The SMILES string of the molecule is CC(=O)N1CCc2c(c(-c3ccc(C(F)(F)F)cc3)nn2CC(O)CN2CCC(n3c(=O)n(CCN4CCOCC4)c4ccccc43)CC2)C1. The van der Waals surface area contributed by atoms with Crippen molar-refractivity contribution in [2.75, 3.05) is 59.0 Å². The number of carbonyl (C=O) groups is 1. The molecule has 2 aromatic heterocycles. The molecule has 0 saturated carbocycles. The van der Waals surface area contributed by atoms with E-state index in [1.165, 1.54) is 19.1 Å². The normalized spacial score (nSPS) is 18.9. The molecule has 0 spiro atoms. The number of rotatable bonds is 9. The van der Waals surface area contributed by atoms with Crippen LogP contribution in [0.3, 0.4) is 0 Å². The smallest absolute Gasteiger partial charge is 0.390 e. The molecule has 1 amide bonds. The van der Waals surface area contributed by atoms with Gasteiger partial charge < -0.3 is 19.6 Å². The number of nitrogens with zero attached hydrogens (tertiary/aromatic N) is 7. The molecule has 5 heterocycles. The van der Waals surface area contributed by atoms with E-state index in [1.54, 1.807) is 9.58 Å². The highest BCUT2D eigenvalue weighted by Gasteiger charge is 2.32. The van der Waals surface area contributed by atoms with Crippen molar-refractivity contribution in [3.8, 4) is 11.3 Å². The van der Waals surface area contributed by atoms with Gasteiger partial charge in [-0.3, -0.25) is 23.5 Å². The second kappa shape index (κ2) is 14.3. The van der Waals surface area contributed by atoms with Gasteiger partial charge >= 0.3 is 11.9 Å². The van der Waals surface area contributed by atoms with E-state index >= 15 is 0 Å². The molecule has 0 bridgehead atoms. The average molecular weight is 696 g/mol. The number of ether oxygens (including phenoxy) is 1. The van der Waals surface area contributed by atoms with Crippen LogP contribution in [-0.4, -0.2) is 110 Å². The van der Waals surface area contributed by atoms with Crippen LogP contribution in [0.1, 0.15) is 42.6 Å². The number of benzene rings is 2. The lowest BCUT2D eigenvalue weighted by molar-refractivity contribution is -0.137. The molecule has 11 nitrogen and oxygen atoms in total. The number of β-amino-alcohol motifs (C(OH)–C–C–N with tert-alkyl or cyclic N) is 1. The van der Waals surface area contributed by atoms with Crippen LogP contribution in [0.2, 0.25) is 0 Å². The Morgan fingerprint density at radius 1 is 0.940 bits per heavy atom. The summed E-state index contributed by atoms with van der Waals surface area (Å²) in [5, 5.41) is 16.1. The molecule has 50 heavy (non-hydrogen) atoms. The predicted octanol–water partition coefficient (Wildman–Crippen LogP) is 3.62. The summed E-state index contributed by atoms with van der Waals surface area (Å²) in [5.41, 5.74) is 3.94. The Hall–Kier alpha value is -3.98. The Labute approximate surface area is 288 Å². The number of hydrogen-bond donors (Lipinski definition) is 1. The van der Waals surface area contributed by atoms with Crippen LogP contribution in [0.15, 0.2) is 53.3 Å². The average Bonchev–Trinajstić information content (AvgIpc) is 3.61. The Bertz CT molecular complexity index is 1870. The summed E-state index contributed by atoms with van der Waals surface area (Å²) in [6.45, 7) is 9.03. The van der Waals surface area contributed by atoms with Gasteiger partial charge in [-0.25, -0.2) is 4.79 Å². The first-order chi connectivity index (χ1) is 24.1. The van der Waals surface area contributed by atoms with Crippen molar-refractivity contribution in [3.63, 3.8) is 0 Å². The topological polar surface area (TPSA) is 101 Å². The first-order valence-electron chi connectivity index (χ1n) is 17.5. The van der Waals surface area contributed by atoms with Gasteiger partial charge in [-0.05, 0) is 37.1 Å². The minimum Gasteiger partial charge on any atom is -0.390 e. The van der Waals surface area contributed by atoms with Crippen LogP contribution in [0, 0.1) is 0 Å². The molecule has 14 heteroatoms. The molecule has 3 aliphatic rings. The zero-order valence-corrected chi connectivity index (χ0v) is 28.3. The van der Waals surface area contributed by atoms with Crippen molar-refractivity contribution in [1.29, 1.82) is 0 Å². The third-order valence-electron chi connectivity index (χ3n) is 10.5. The summed E-state index contributed by atoms with van der Waals surface area (Å²) in [6, 6.07) is 13.0. The zero-order valence-electron chi connectivity index (χ0n) is 28.3. The standard InChI is InChI=1S/C36H44F3N7O4/c1-25(47)43-15-12-31-30(24-43)34(26-6-8-27(9-7-26)36(37,38)39)40-45(31)23-29(48)22-42-13-10-28(11-14-42)46-33-5-3-2-4-32(33)44(35(46)49)17-16-41-18-20-50-21-19-41/h2-9,28-29,48H,10-24H2,1H3. The zero-order chi connectivity index (χ0) is 35.0. The molecule has 2 fully saturated rings. The summed E-state index contributed by atoms with van der Waals surface area (Å²) >= 11 is 0. The number of aliphatic hydroxyl groups excluding tert-OH is 1. The highest BCUT2D eigenvalue weighted by molar-refractivity contribution is 5.76. The van der Waals surface area contributed by atoms with Crippen LogP contribution >= 0.6 is 0 Å². The van der Waals surface area contributed by atoms with Crippen molar-refractivity contribution < 1.29 is 27.8 Å². The van der Waals surface area contributed by atoms with E-state index in [-0.39, 0.29) is 24.2 Å². The molecule has 2 aromatic carbocycles. The largest absolute Gasteiger partial charge is 0.416 e. The summed E-state index contributed by atoms with van der Waals surface area (Å²) in [6.07, 6.45) is -3.10. The van der Waals surface area contributed by atoms with Gasteiger partial charge in [0.05, 0.1) is 48.2 Å². The number of fused-ring (bicyclic) bond motifs is 2. The van der Waals surface area contributed by atoms with Crippen LogP contribution in [0.5, 0.6) is 0 Å². The summed E-state index contributed by atoms with van der Waals surface area (Å²) in [5.74, 6) is -0.0787. The number of alkyl halides is 3. The van der Waals surface area contributed by atoms with E-state index < -0.39 is 17.8 Å². The van der Waals surface area contributed by atoms with Gasteiger partial charge in [-0.1, -0.05) is 24.3 Å². The maximum atomic E-state index is 13.8. The Morgan fingerprint density at radius 2 is 1.64 bits per heavy atom. The first-order valence-corrected chi connectivity index (χ1v) is 17.5. The molecule has 1 unspecified atom stereocenters. The second-order valence-corrected chi connectivity index (χ2v) is 13.7. The summed E-state index contributed by atoms with van der Waals surface area (Å²) < 4.78 is 50.8. The minimum atomic E-state index is -4.45. The van der Waals surface area contributed by atoms with Crippen LogP contribution < -0.4 is 5.69 Å².